The zero-order chi connectivity index (χ0) is 16.4. The van der Waals surface area contributed by atoms with Crippen LogP contribution in [0.15, 0.2) is 51.5 Å². The molecular formula is C15H10BrN3O4. The normalized spacial score (nSPS) is 10.5. The molecule has 0 aliphatic carbocycles. The molecule has 0 saturated heterocycles. The van der Waals surface area contributed by atoms with E-state index in [0.717, 1.165) is 5.56 Å². The van der Waals surface area contributed by atoms with Crippen molar-refractivity contribution in [3.63, 3.8) is 0 Å². The third kappa shape index (κ3) is 3.37. The van der Waals surface area contributed by atoms with Crippen molar-refractivity contribution in [2.75, 3.05) is 0 Å². The zero-order valence-corrected chi connectivity index (χ0v) is 13.5. The monoisotopic (exact) mass is 375 g/mol. The number of rotatable bonds is 4. The molecule has 1 aromatic heterocycles. The van der Waals surface area contributed by atoms with Gasteiger partial charge in [-0.2, -0.15) is 4.98 Å². The molecule has 1 heterocycles. The van der Waals surface area contributed by atoms with Crippen molar-refractivity contribution in [2.45, 2.75) is 6.92 Å². The van der Waals surface area contributed by atoms with Crippen molar-refractivity contribution < 1.29 is 14.2 Å². The SMILES string of the molecule is Cc1nc(-c2ccc(Oc3ccc(Br)cc3[N+](=O)[O-])cc2)no1. The van der Waals surface area contributed by atoms with Crippen LogP contribution in [0.2, 0.25) is 0 Å². The van der Waals surface area contributed by atoms with Gasteiger partial charge in [-0.05, 0) is 36.4 Å². The van der Waals surface area contributed by atoms with Crippen LogP contribution in [0, 0.1) is 17.0 Å². The molecule has 0 radical (unpaired) electrons. The average molecular weight is 376 g/mol. The van der Waals surface area contributed by atoms with E-state index in [2.05, 4.69) is 26.1 Å². The quantitative estimate of drug-likeness (QED) is 0.492. The lowest BCUT2D eigenvalue weighted by atomic mass is 10.2. The largest absolute Gasteiger partial charge is 0.450 e. The minimum absolute atomic E-state index is 0.114. The van der Waals surface area contributed by atoms with Crippen LogP contribution in [0.5, 0.6) is 11.5 Å². The third-order valence-corrected chi connectivity index (χ3v) is 3.48. The van der Waals surface area contributed by atoms with Gasteiger partial charge < -0.3 is 9.26 Å². The lowest BCUT2D eigenvalue weighted by molar-refractivity contribution is -0.385. The Morgan fingerprint density at radius 2 is 1.96 bits per heavy atom. The van der Waals surface area contributed by atoms with E-state index in [-0.39, 0.29) is 11.4 Å². The third-order valence-electron chi connectivity index (χ3n) is 2.99. The molecule has 0 atom stereocenters. The molecule has 0 N–H and O–H groups in total. The number of nitro groups is 1. The standard InChI is InChI=1S/C15H10BrN3O4/c1-9-17-15(18-23-9)10-2-5-12(6-3-10)22-14-7-4-11(16)8-13(14)19(20)21/h2-8H,1H3. The summed E-state index contributed by atoms with van der Waals surface area (Å²) in [4.78, 5) is 14.7. The van der Waals surface area contributed by atoms with Gasteiger partial charge in [-0.1, -0.05) is 21.1 Å². The zero-order valence-electron chi connectivity index (χ0n) is 11.9. The average Bonchev–Trinajstić information content (AvgIpc) is 2.96. The van der Waals surface area contributed by atoms with Crippen molar-refractivity contribution in [3.8, 4) is 22.9 Å². The lowest BCUT2D eigenvalue weighted by Gasteiger charge is -2.07. The van der Waals surface area contributed by atoms with Crippen LogP contribution in [-0.4, -0.2) is 15.1 Å². The highest BCUT2D eigenvalue weighted by Gasteiger charge is 2.16. The van der Waals surface area contributed by atoms with Crippen LogP contribution in [0.25, 0.3) is 11.4 Å². The summed E-state index contributed by atoms with van der Waals surface area (Å²) >= 11 is 3.20. The Bertz CT molecular complexity index is 861. The molecule has 0 saturated carbocycles. The maximum atomic E-state index is 11.1. The molecule has 7 nitrogen and oxygen atoms in total. The first-order chi connectivity index (χ1) is 11.0. The van der Waals surface area contributed by atoms with E-state index in [1.807, 2.05) is 0 Å². The molecule has 0 spiro atoms. The molecule has 3 aromatic rings. The van der Waals surface area contributed by atoms with Crippen LogP contribution >= 0.6 is 15.9 Å². The molecule has 3 rings (SSSR count). The molecule has 23 heavy (non-hydrogen) atoms. The number of ether oxygens (including phenoxy) is 1. The second-order valence-electron chi connectivity index (χ2n) is 4.63. The number of nitro benzene ring substituents is 1. The first-order valence-electron chi connectivity index (χ1n) is 6.55. The smallest absolute Gasteiger partial charge is 0.312 e. The molecule has 0 fully saturated rings. The Morgan fingerprint density at radius 1 is 1.22 bits per heavy atom. The first-order valence-corrected chi connectivity index (χ1v) is 7.35. The molecule has 0 amide bonds. The summed E-state index contributed by atoms with van der Waals surface area (Å²) in [5, 5.41) is 14.9. The van der Waals surface area contributed by atoms with Gasteiger partial charge in [0.05, 0.1) is 4.92 Å². The summed E-state index contributed by atoms with van der Waals surface area (Å²) in [6.45, 7) is 1.71. The second kappa shape index (κ2) is 6.17. The van der Waals surface area contributed by atoms with Gasteiger partial charge in [0.1, 0.15) is 5.75 Å². The van der Waals surface area contributed by atoms with E-state index in [9.17, 15) is 10.1 Å². The number of benzene rings is 2. The molecule has 2 aromatic carbocycles. The van der Waals surface area contributed by atoms with Gasteiger partial charge in [-0.15, -0.1) is 0 Å². The predicted molar refractivity (Wildman–Crippen MR) is 85.3 cm³/mol. The van der Waals surface area contributed by atoms with Crippen molar-refractivity contribution in [3.05, 3.63) is 62.9 Å². The second-order valence-corrected chi connectivity index (χ2v) is 5.55. The number of nitrogens with zero attached hydrogens (tertiary/aromatic N) is 3. The van der Waals surface area contributed by atoms with Gasteiger partial charge in [0, 0.05) is 23.0 Å². The van der Waals surface area contributed by atoms with E-state index in [0.29, 0.717) is 21.9 Å². The summed E-state index contributed by atoms with van der Waals surface area (Å²) in [5.74, 6) is 1.59. The summed E-state index contributed by atoms with van der Waals surface area (Å²) in [6.07, 6.45) is 0. The number of halogens is 1. The summed E-state index contributed by atoms with van der Waals surface area (Å²) in [7, 11) is 0. The minimum atomic E-state index is -0.490. The first kappa shape index (κ1) is 15.2. The molecule has 0 aliphatic heterocycles. The van der Waals surface area contributed by atoms with Crippen LogP contribution in [0.3, 0.4) is 0 Å². The Hall–Kier alpha value is -2.74. The van der Waals surface area contributed by atoms with E-state index < -0.39 is 4.92 Å². The highest BCUT2D eigenvalue weighted by molar-refractivity contribution is 9.10. The molecule has 0 bridgehead atoms. The van der Waals surface area contributed by atoms with Gasteiger partial charge in [0.25, 0.3) is 0 Å². The highest BCUT2D eigenvalue weighted by atomic mass is 79.9. The molecule has 0 unspecified atom stereocenters. The molecular weight excluding hydrogens is 366 g/mol. The Labute approximate surface area is 139 Å². The van der Waals surface area contributed by atoms with E-state index >= 15 is 0 Å². The highest BCUT2D eigenvalue weighted by Crippen LogP contribution is 2.34. The lowest BCUT2D eigenvalue weighted by Crippen LogP contribution is -1.93. The summed E-state index contributed by atoms with van der Waals surface area (Å²) < 4.78 is 11.1. The fraction of sp³-hybridized carbons (Fsp3) is 0.0667. The fourth-order valence-electron chi connectivity index (χ4n) is 1.94. The maximum absolute atomic E-state index is 11.1. The summed E-state index contributed by atoms with van der Waals surface area (Å²) in [6, 6.07) is 11.5. The van der Waals surface area contributed by atoms with Crippen molar-refractivity contribution in [2.24, 2.45) is 0 Å². The van der Waals surface area contributed by atoms with E-state index in [1.165, 1.54) is 6.07 Å². The van der Waals surface area contributed by atoms with Crippen LogP contribution in [-0.2, 0) is 0 Å². The Kier molecular flexibility index (Phi) is 4.07. The Morgan fingerprint density at radius 3 is 2.57 bits per heavy atom. The van der Waals surface area contributed by atoms with Gasteiger partial charge in [0.2, 0.25) is 17.5 Å². The number of hydrogen-bond acceptors (Lipinski definition) is 6. The van der Waals surface area contributed by atoms with Crippen molar-refractivity contribution >= 4 is 21.6 Å². The van der Waals surface area contributed by atoms with Gasteiger partial charge in [-0.25, -0.2) is 0 Å². The van der Waals surface area contributed by atoms with Gasteiger partial charge in [0.15, 0.2) is 0 Å². The number of aryl methyl sites for hydroxylation is 1. The van der Waals surface area contributed by atoms with Crippen LogP contribution in [0.1, 0.15) is 5.89 Å². The van der Waals surface area contributed by atoms with Gasteiger partial charge in [-0.3, -0.25) is 10.1 Å². The number of aromatic nitrogens is 2. The fourth-order valence-corrected chi connectivity index (χ4v) is 2.28. The minimum Gasteiger partial charge on any atom is -0.450 e. The Balaban J connectivity index is 1.85. The van der Waals surface area contributed by atoms with Crippen LogP contribution < -0.4 is 4.74 Å². The van der Waals surface area contributed by atoms with E-state index in [4.69, 9.17) is 9.26 Å². The van der Waals surface area contributed by atoms with Crippen molar-refractivity contribution in [1.82, 2.24) is 10.1 Å². The van der Waals surface area contributed by atoms with E-state index in [1.54, 1.807) is 43.3 Å². The number of hydrogen-bond donors (Lipinski definition) is 0. The molecule has 0 aliphatic rings. The topological polar surface area (TPSA) is 91.3 Å². The molecule has 8 heteroatoms. The van der Waals surface area contributed by atoms with Crippen LogP contribution in [0.4, 0.5) is 5.69 Å². The van der Waals surface area contributed by atoms with Gasteiger partial charge >= 0.3 is 5.69 Å². The van der Waals surface area contributed by atoms with Crippen molar-refractivity contribution in [1.29, 1.82) is 0 Å². The predicted octanol–water partition coefficient (Wildman–Crippen LogP) is 4.51. The maximum Gasteiger partial charge on any atom is 0.312 e. The molecule has 116 valence electrons. The summed E-state index contributed by atoms with van der Waals surface area (Å²) in [5.41, 5.74) is 0.650.